The van der Waals surface area contributed by atoms with Gasteiger partial charge >= 0.3 is 29.6 Å². The molecule has 15 nitrogen and oxygen atoms in total. The number of carbonyl (C=O) groups excluding carboxylic acids is 1. The van der Waals surface area contributed by atoms with E-state index in [4.69, 9.17) is 31.8 Å². The molecule has 0 saturated carbocycles. The van der Waals surface area contributed by atoms with Crippen molar-refractivity contribution in [3.05, 3.63) is 12.2 Å². The van der Waals surface area contributed by atoms with Gasteiger partial charge in [-0.05, 0) is 51.0 Å². The summed E-state index contributed by atoms with van der Waals surface area (Å²) in [6.45, 7) is -0.659. The zero-order valence-corrected chi connectivity index (χ0v) is 25.8. The molecule has 0 bridgehead atoms. The second-order valence-electron chi connectivity index (χ2n) is 9.04. The number of alkyl carbamates (subject to hydrolysis) is 1. The maximum Gasteiger partial charge on any atom is 0.490 e. The van der Waals surface area contributed by atoms with Crippen LogP contribution in [0.2, 0.25) is 0 Å². The number of hydrogen-bond acceptors (Lipinski definition) is 11. The summed E-state index contributed by atoms with van der Waals surface area (Å²) in [4.78, 5) is 48.3. The number of ether oxygens (including phenoxy) is 3. The van der Waals surface area contributed by atoms with Gasteiger partial charge in [0.15, 0.2) is 0 Å². The predicted octanol–water partition coefficient (Wildman–Crippen LogP) is 3.24. The predicted molar refractivity (Wildman–Crippen MR) is 146 cm³/mol. The van der Waals surface area contributed by atoms with Crippen LogP contribution in [-0.4, -0.2) is 88.8 Å². The first-order chi connectivity index (χ1) is 18.0. The Morgan fingerprint density at radius 3 is 2.49 bits per heavy atom. The van der Waals surface area contributed by atoms with Crippen molar-refractivity contribution in [3.63, 3.8) is 0 Å². The van der Waals surface area contributed by atoms with Gasteiger partial charge in [-0.25, -0.2) is 18.5 Å². The number of allylic oxidation sites excluding steroid dienone is 2. The average Bonchev–Trinajstić information content (AvgIpc) is 3.09. The van der Waals surface area contributed by atoms with Crippen molar-refractivity contribution in [2.75, 3.05) is 30.9 Å². The second-order valence-corrected chi connectivity index (χ2v) is 20.5. The first-order valence-electron chi connectivity index (χ1n) is 11.7. The third kappa shape index (κ3) is 15.2. The number of carbonyl (C=O) groups is 1. The summed E-state index contributed by atoms with van der Waals surface area (Å²) in [6.07, 6.45) is 10.6. The maximum atomic E-state index is 12.3. The summed E-state index contributed by atoms with van der Waals surface area (Å²) >= 11 is 0. The molecule has 226 valence electrons. The number of nitrogens with one attached hydrogen (secondary N) is 1. The Hall–Kier alpha value is 0.105. The minimum atomic E-state index is -5.63. The van der Waals surface area contributed by atoms with Crippen LogP contribution < -0.4 is 5.32 Å². The van der Waals surface area contributed by atoms with Crippen LogP contribution in [-0.2, 0) is 41.1 Å². The summed E-state index contributed by atoms with van der Waals surface area (Å²) in [6, 6.07) is -0.782. The molecular weight excluding hydrogens is 622 g/mol. The van der Waals surface area contributed by atoms with Crippen LogP contribution in [0, 0.1) is 0 Å². The van der Waals surface area contributed by atoms with E-state index in [1.165, 1.54) is 10.8 Å². The molecule has 1 fully saturated rings. The topological polar surface area (TPSA) is 217 Å². The highest BCUT2D eigenvalue weighted by molar-refractivity contribution is 8.93. The van der Waals surface area contributed by atoms with Gasteiger partial charge in [0, 0.05) is 6.00 Å². The smallest absolute Gasteiger partial charge is 0.446 e. The Balaban J connectivity index is 1.76. The minimum Gasteiger partial charge on any atom is -0.446 e. The van der Waals surface area contributed by atoms with Gasteiger partial charge in [0.05, 0.1) is 18.6 Å². The molecule has 0 aromatic carbocycles. The standard InChI is InChI=1S/C18H35BNO14P3S2/c1-39(2,12-20-18(21)31-14-8-6-4-3-5-7-9-14)38-13-29-15-10-17(19)32-16(15)11-30-36(25,26)34-37(27,28)33-35(22,23)24/h3-4,14-17H,5-13H2,1-2H3,(H,20,21)(H,25,26)(H,27,28)(H2,22,23,24)/b4-3+/t14?,15-,16?,17-/m1/s1. The average molecular weight is 657 g/mol. The van der Waals surface area contributed by atoms with Crippen LogP contribution >= 0.6 is 43.3 Å². The van der Waals surface area contributed by atoms with Gasteiger partial charge in [-0.2, -0.15) is 17.7 Å². The molecule has 1 saturated heterocycles. The molecule has 39 heavy (non-hydrogen) atoms. The molecule has 0 aromatic rings. The van der Waals surface area contributed by atoms with E-state index in [-0.39, 0.29) is 18.5 Å². The Labute approximate surface area is 233 Å². The van der Waals surface area contributed by atoms with Crippen molar-refractivity contribution >= 4 is 57.3 Å². The van der Waals surface area contributed by atoms with Crippen molar-refractivity contribution in [2.45, 2.75) is 62.8 Å². The third-order valence-electron chi connectivity index (χ3n) is 5.25. The van der Waals surface area contributed by atoms with Gasteiger partial charge in [0.2, 0.25) is 0 Å². The van der Waals surface area contributed by atoms with Crippen LogP contribution in [0.4, 0.5) is 4.79 Å². The highest BCUT2D eigenvalue weighted by Gasteiger charge is 2.42. The van der Waals surface area contributed by atoms with Crippen molar-refractivity contribution < 1.29 is 65.4 Å². The zero-order chi connectivity index (χ0) is 29.3. The lowest BCUT2D eigenvalue weighted by atomic mass is 9.96. The molecule has 4 unspecified atom stereocenters. The van der Waals surface area contributed by atoms with Crippen molar-refractivity contribution in [2.24, 2.45) is 0 Å². The summed E-state index contributed by atoms with van der Waals surface area (Å²) < 4.78 is 62.9. The van der Waals surface area contributed by atoms with E-state index in [9.17, 15) is 28.3 Å². The molecule has 1 amide bonds. The van der Waals surface area contributed by atoms with Crippen molar-refractivity contribution in [1.29, 1.82) is 0 Å². The lowest BCUT2D eigenvalue weighted by Crippen LogP contribution is -2.31. The van der Waals surface area contributed by atoms with E-state index >= 15 is 0 Å². The first kappa shape index (κ1) is 35.3. The highest BCUT2D eigenvalue weighted by atomic mass is 33.2. The minimum absolute atomic E-state index is 0.114. The van der Waals surface area contributed by atoms with E-state index < -0.39 is 63.4 Å². The third-order valence-corrected chi connectivity index (χ3v) is 13.3. The van der Waals surface area contributed by atoms with Crippen LogP contribution in [0.1, 0.15) is 38.5 Å². The number of hydrogen-bond donors (Lipinski definition) is 5. The van der Waals surface area contributed by atoms with Gasteiger partial charge in [-0.1, -0.05) is 22.9 Å². The molecule has 5 N–H and O–H groups in total. The molecule has 1 heterocycles. The molecule has 2 radical (unpaired) electrons. The van der Waals surface area contributed by atoms with Gasteiger partial charge in [-0.15, -0.1) is 0 Å². The van der Waals surface area contributed by atoms with E-state index in [0.717, 1.165) is 32.1 Å². The number of phosphoric ester groups is 1. The van der Waals surface area contributed by atoms with E-state index in [1.54, 1.807) is 0 Å². The van der Waals surface area contributed by atoms with Crippen LogP contribution in [0.5, 0.6) is 0 Å². The largest absolute Gasteiger partial charge is 0.490 e. The normalized spacial score (nSPS) is 28.9. The molecule has 6 atom stereocenters. The molecule has 21 heteroatoms. The monoisotopic (exact) mass is 657 g/mol. The molecule has 1 aliphatic heterocycles. The fourth-order valence-electron chi connectivity index (χ4n) is 3.50. The fourth-order valence-corrected chi connectivity index (χ4v) is 8.94. The van der Waals surface area contributed by atoms with E-state index in [0.29, 0.717) is 5.88 Å². The van der Waals surface area contributed by atoms with Crippen molar-refractivity contribution in [1.82, 2.24) is 5.32 Å². The lowest BCUT2D eigenvalue weighted by Gasteiger charge is -2.31. The summed E-state index contributed by atoms with van der Waals surface area (Å²) in [5, 5.41) is 2.81. The molecule has 1 aliphatic carbocycles. The van der Waals surface area contributed by atoms with Gasteiger partial charge in [0.25, 0.3) is 0 Å². The van der Waals surface area contributed by atoms with Crippen LogP contribution in [0.15, 0.2) is 12.2 Å². The molecule has 2 rings (SSSR count). The van der Waals surface area contributed by atoms with E-state index in [2.05, 4.69) is 30.6 Å². The van der Waals surface area contributed by atoms with Crippen molar-refractivity contribution in [3.8, 4) is 0 Å². The Bertz CT molecular complexity index is 985. The molecule has 0 spiro atoms. The number of amides is 1. The van der Waals surface area contributed by atoms with Crippen LogP contribution in [0.3, 0.4) is 0 Å². The summed E-state index contributed by atoms with van der Waals surface area (Å²) in [5.74, 6) is 0.545. The first-order valence-corrected chi connectivity index (χ1v) is 20.4. The SMILES string of the molecule is [B][C@H]1C[C@@H](OCSS(C)(C)CNC(=O)OC2CC/C=C/CCC2)C(COP(=O)(O)OP(=O)(O)OP(=O)(O)O)O1. The Morgan fingerprint density at radius 2 is 1.79 bits per heavy atom. The van der Waals surface area contributed by atoms with E-state index in [1.807, 2.05) is 12.5 Å². The quantitative estimate of drug-likeness (QED) is 0.0596. The number of rotatable bonds is 14. The lowest BCUT2D eigenvalue weighted by molar-refractivity contribution is -0.0237. The summed E-state index contributed by atoms with van der Waals surface area (Å²) in [5.41, 5.74) is 0. The Kier molecular flexibility index (Phi) is 14.1. The van der Waals surface area contributed by atoms with Crippen LogP contribution in [0.25, 0.3) is 0 Å². The highest BCUT2D eigenvalue weighted by Crippen LogP contribution is 2.66. The zero-order valence-electron chi connectivity index (χ0n) is 21.4. The van der Waals surface area contributed by atoms with Gasteiger partial charge in [-0.3, -0.25) is 4.52 Å². The number of phosphoric acid groups is 3. The maximum absolute atomic E-state index is 12.3. The molecule has 2 aliphatic rings. The van der Waals surface area contributed by atoms with Gasteiger partial charge < -0.3 is 39.1 Å². The Morgan fingerprint density at radius 1 is 1.10 bits per heavy atom. The second kappa shape index (κ2) is 15.5. The fraction of sp³-hybridized carbons (Fsp3) is 0.833. The summed E-state index contributed by atoms with van der Waals surface area (Å²) in [7, 11) is -10.6. The molecule has 0 aromatic heterocycles. The van der Waals surface area contributed by atoms with Gasteiger partial charge in [0.1, 0.15) is 26.0 Å². The molecular formula is C18H35BNO14P3S2.